The lowest BCUT2D eigenvalue weighted by molar-refractivity contribution is -0.384. The summed E-state index contributed by atoms with van der Waals surface area (Å²) in [5, 5.41) is 22.2. The largest absolute Gasteiger partial charge is 0.389 e. The van der Waals surface area contributed by atoms with E-state index in [2.05, 4.69) is 0 Å². The van der Waals surface area contributed by atoms with Crippen LogP contribution in [0.3, 0.4) is 0 Å². The third-order valence-corrected chi connectivity index (χ3v) is 6.37. The number of nitro benzene ring substituents is 1. The summed E-state index contributed by atoms with van der Waals surface area (Å²) in [7, 11) is 0. The van der Waals surface area contributed by atoms with E-state index in [9.17, 15) is 24.4 Å². The van der Waals surface area contributed by atoms with Crippen LogP contribution in [0.2, 0.25) is 0 Å². The summed E-state index contributed by atoms with van der Waals surface area (Å²) in [6.45, 7) is 0.380. The van der Waals surface area contributed by atoms with E-state index in [4.69, 9.17) is 0 Å². The first-order valence-electron chi connectivity index (χ1n) is 9.92. The third-order valence-electron chi connectivity index (χ3n) is 6.37. The fourth-order valence-corrected chi connectivity index (χ4v) is 4.87. The van der Waals surface area contributed by atoms with Crippen LogP contribution in [0.5, 0.6) is 0 Å². The molecule has 1 amide bonds. The zero-order valence-electron chi connectivity index (χ0n) is 16.0. The van der Waals surface area contributed by atoms with Crippen molar-refractivity contribution < 1.29 is 19.2 Å². The number of carbonyl (C=O) groups excluding carboxylic acids is 1. The van der Waals surface area contributed by atoms with Crippen LogP contribution in [0.15, 0.2) is 48.5 Å². The van der Waals surface area contributed by atoms with Crippen LogP contribution < -0.4 is 0 Å². The van der Waals surface area contributed by atoms with Gasteiger partial charge in [0.1, 0.15) is 5.82 Å². The number of amides is 1. The number of nitro groups is 1. The van der Waals surface area contributed by atoms with E-state index in [-0.39, 0.29) is 29.4 Å². The molecule has 3 unspecified atom stereocenters. The number of non-ortho nitro benzene ring substituents is 1. The summed E-state index contributed by atoms with van der Waals surface area (Å²) in [4.78, 5) is 25.4. The van der Waals surface area contributed by atoms with Crippen LogP contribution in [-0.2, 0) is 0 Å². The standard InChI is InChI=1S/C22H23FN2O4/c23-17-8-4-15(5-9-17)20-19-3-1-2-12-22(19,27)13-14-24(20)21(26)16-6-10-18(11-7-16)25(28)29/h4-11,19-20,27H,1-3,12-14H2. The lowest BCUT2D eigenvalue weighted by Gasteiger charge is -2.52. The second-order valence-electron chi connectivity index (χ2n) is 8.00. The molecular weight excluding hydrogens is 375 g/mol. The second kappa shape index (κ2) is 7.55. The molecule has 7 heteroatoms. The average Bonchev–Trinajstić information content (AvgIpc) is 2.73. The van der Waals surface area contributed by atoms with E-state index >= 15 is 0 Å². The Labute approximate surface area is 168 Å². The second-order valence-corrected chi connectivity index (χ2v) is 8.00. The van der Waals surface area contributed by atoms with Crippen molar-refractivity contribution in [2.24, 2.45) is 5.92 Å². The van der Waals surface area contributed by atoms with Gasteiger partial charge < -0.3 is 10.0 Å². The minimum Gasteiger partial charge on any atom is -0.389 e. The number of carbonyl (C=O) groups is 1. The predicted molar refractivity (Wildman–Crippen MR) is 105 cm³/mol. The van der Waals surface area contributed by atoms with Gasteiger partial charge in [0, 0.05) is 30.2 Å². The Hall–Kier alpha value is -2.80. The van der Waals surface area contributed by atoms with Crippen molar-refractivity contribution in [1.82, 2.24) is 4.90 Å². The Morgan fingerprint density at radius 2 is 1.79 bits per heavy atom. The molecule has 1 N–H and O–H groups in total. The van der Waals surface area contributed by atoms with Crippen LogP contribution in [0.1, 0.15) is 54.1 Å². The lowest BCUT2D eigenvalue weighted by Crippen LogP contribution is -2.56. The number of fused-ring (bicyclic) bond motifs is 1. The first kappa shape index (κ1) is 19.5. The summed E-state index contributed by atoms with van der Waals surface area (Å²) >= 11 is 0. The molecule has 2 aromatic rings. The van der Waals surface area contributed by atoms with Gasteiger partial charge in [-0.2, -0.15) is 0 Å². The van der Waals surface area contributed by atoms with Crippen molar-refractivity contribution in [3.8, 4) is 0 Å². The molecule has 3 atom stereocenters. The van der Waals surface area contributed by atoms with Crippen LogP contribution in [0, 0.1) is 21.8 Å². The first-order chi connectivity index (χ1) is 13.9. The van der Waals surface area contributed by atoms with Crippen LogP contribution in [0.4, 0.5) is 10.1 Å². The van der Waals surface area contributed by atoms with Crippen molar-refractivity contribution in [1.29, 1.82) is 0 Å². The number of halogens is 1. The smallest absolute Gasteiger partial charge is 0.269 e. The highest BCUT2D eigenvalue weighted by Gasteiger charge is 2.50. The molecule has 1 aliphatic carbocycles. The fourth-order valence-electron chi connectivity index (χ4n) is 4.87. The minimum atomic E-state index is -0.830. The predicted octanol–water partition coefficient (Wildman–Crippen LogP) is 4.24. The van der Waals surface area contributed by atoms with Crippen molar-refractivity contribution in [3.63, 3.8) is 0 Å². The number of hydrogen-bond acceptors (Lipinski definition) is 4. The minimum absolute atomic E-state index is 0.0723. The summed E-state index contributed by atoms with van der Waals surface area (Å²) in [6.07, 6.45) is 3.93. The molecule has 6 nitrogen and oxygen atoms in total. The van der Waals surface area contributed by atoms with Gasteiger partial charge in [-0.15, -0.1) is 0 Å². The van der Waals surface area contributed by atoms with Gasteiger partial charge in [-0.05, 0) is 49.1 Å². The average molecular weight is 398 g/mol. The number of hydrogen-bond donors (Lipinski definition) is 1. The van der Waals surface area contributed by atoms with E-state index in [0.29, 0.717) is 24.9 Å². The summed E-state index contributed by atoms with van der Waals surface area (Å²) < 4.78 is 13.5. The molecule has 152 valence electrons. The van der Waals surface area contributed by atoms with E-state index in [0.717, 1.165) is 24.8 Å². The van der Waals surface area contributed by atoms with E-state index in [1.807, 2.05) is 0 Å². The Kier molecular flexibility index (Phi) is 5.08. The molecule has 2 aliphatic rings. The number of rotatable bonds is 3. The highest BCUT2D eigenvalue weighted by Crippen LogP contribution is 2.49. The Balaban J connectivity index is 1.71. The van der Waals surface area contributed by atoms with Crippen molar-refractivity contribution >= 4 is 11.6 Å². The van der Waals surface area contributed by atoms with Crippen LogP contribution in [0.25, 0.3) is 0 Å². The molecule has 29 heavy (non-hydrogen) atoms. The third kappa shape index (κ3) is 3.62. The van der Waals surface area contributed by atoms with E-state index in [1.54, 1.807) is 17.0 Å². The maximum Gasteiger partial charge on any atom is 0.269 e. The van der Waals surface area contributed by atoms with Crippen LogP contribution >= 0.6 is 0 Å². The Morgan fingerprint density at radius 1 is 1.10 bits per heavy atom. The van der Waals surface area contributed by atoms with Gasteiger partial charge >= 0.3 is 0 Å². The molecule has 4 rings (SSSR count). The summed E-state index contributed by atoms with van der Waals surface area (Å²) in [5.74, 6) is -0.712. The van der Waals surface area contributed by atoms with Crippen molar-refractivity contribution in [3.05, 3.63) is 75.6 Å². The molecule has 0 aromatic heterocycles. The highest BCUT2D eigenvalue weighted by molar-refractivity contribution is 5.94. The Bertz CT molecular complexity index is 915. The summed E-state index contributed by atoms with van der Waals surface area (Å²) in [6, 6.07) is 11.3. The van der Waals surface area contributed by atoms with Gasteiger partial charge in [0.25, 0.3) is 11.6 Å². The molecule has 1 heterocycles. The van der Waals surface area contributed by atoms with Gasteiger partial charge in [0.15, 0.2) is 0 Å². The van der Waals surface area contributed by atoms with Crippen LogP contribution in [-0.4, -0.2) is 33.0 Å². The van der Waals surface area contributed by atoms with Gasteiger partial charge in [-0.25, -0.2) is 4.39 Å². The van der Waals surface area contributed by atoms with Gasteiger partial charge in [-0.3, -0.25) is 14.9 Å². The number of likely N-dealkylation sites (tertiary alicyclic amines) is 1. The molecule has 1 saturated heterocycles. The van der Waals surface area contributed by atoms with Gasteiger partial charge in [0.05, 0.1) is 16.6 Å². The van der Waals surface area contributed by atoms with Crippen molar-refractivity contribution in [2.45, 2.75) is 43.7 Å². The zero-order valence-corrected chi connectivity index (χ0v) is 16.0. The van der Waals surface area contributed by atoms with E-state index in [1.165, 1.54) is 36.4 Å². The Morgan fingerprint density at radius 3 is 2.45 bits per heavy atom. The SMILES string of the molecule is O=C(c1ccc([N+](=O)[O-])cc1)N1CCC2(O)CCCCC2C1c1ccc(F)cc1. The normalized spacial score (nSPS) is 26.6. The number of benzene rings is 2. The molecule has 0 radical (unpaired) electrons. The molecule has 0 bridgehead atoms. The molecule has 2 aromatic carbocycles. The highest BCUT2D eigenvalue weighted by atomic mass is 19.1. The fraction of sp³-hybridized carbons (Fsp3) is 0.409. The number of nitrogens with zero attached hydrogens (tertiary/aromatic N) is 2. The van der Waals surface area contributed by atoms with E-state index < -0.39 is 10.5 Å². The molecule has 1 aliphatic heterocycles. The maximum absolute atomic E-state index is 13.5. The molecule has 0 spiro atoms. The maximum atomic E-state index is 13.5. The first-order valence-corrected chi connectivity index (χ1v) is 9.92. The number of aliphatic hydroxyl groups is 1. The lowest BCUT2D eigenvalue weighted by atomic mass is 9.66. The van der Waals surface area contributed by atoms with Crippen molar-refractivity contribution in [2.75, 3.05) is 6.54 Å². The molecule has 1 saturated carbocycles. The van der Waals surface area contributed by atoms with Gasteiger partial charge in [-0.1, -0.05) is 25.0 Å². The monoisotopic (exact) mass is 398 g/mol. The summed E-state index contributed by atoms with van der Waals surface area (Å²) in [5.41, 5.74) is 0.261. The number of piperidine rings is 1. The zero-order chi connectivity index (χ0) is 20.6. The quantitative estimate of drug-likeness (QED) is 0.619. The topological polar surface area (TPSA) is 83.7 Å². The van der Waals surface area contributed by atoms with Gasteiger partial charge in [0.2, 0.25) is 0 Å². The molecular formula is C22H23FN2O4. The molecule has 2 fully saturated rings.